The molecule has 19 heavy (non-hydrogen) atoms. The molecule has 1 atom stereocenters. The third-order valence-electron chi connectivity index (χ3n) is 3.43. The van der Waals surface area contributed by atoms with Gasteiger partial charge in [0.05, 0.1) is 4.47 Å². The smallest absolute Gasteiger partial charge is 0.134 e. The number of ether oxygens (including phenoxy) is 1. The monoisotopic (exact) mass is 383 g/mol. The highest BCUT2D eigenvalue weighted by molar-refractivity contribution is 9.11. The number of hydrogen-bond donors (Lipinski definition) is 1. The first-order valence-corrected chi connectivity index (χ1v) is 8.08. The first-order chi connectivity index (χ1) is 9.24. The summed E-state index contributed by atoms with van der Waals surface area (Å²) in [4.78, 5) is 0. The summed E-state index contributed by atoms with van der Waals surface area (Å²) < 4.78 is 8.24. The van der Waals surface area contributed by atoms with Crippen molar-refractivity contribution in [3.8, 4) is 5.75 Å². The minimum Gasteiger partial charge on any atom is -0.488 e. The zero-order valence-corrected chi connectivity index (χ0v) is 13.6. The zero-order chi connectivity index (χ0) is 13.2. The summed E-state index contributed by atoms with van der Waals surface area (Å²) in [6.45, 7) is 2.04. The normalized spacial score (nSPS) is 19.6. The largest absolute Gasteiger partial charge is 0.488 e. The topological polar surface area (TPSA) is 21.3 Å². The van der Waals surface area contributed by atoms with Crippen molar-refractivity contribution in [3.05, 3.63) is 39.3 Å². The van der Waals surface area contributed by atoms with Gasteiger partial charge in [-0.1, -0.05) is 28.1 Å². The molecule has 0 radical (unpaired) electrons. The Morgan fingerprint density at radius 1 is 1.16 bits per heavy atom. The average molecular weight is 385 g/mol. The molecule has 1 saturated heterocycles. The van der Waals surface area contributed by atoms with Crippen molar-refractivity contribution < 1.29 is 4.74 Å². The first-order valence-electron chi connectivity index (χ1n) is 6.49. The Hall–Kier alpha value is -0.580. The maximum Gasteiger partial charge on any atom is 0.134 e. The number of rotatable bonds is 2. The van der Waals surface area contributed by atoms with Crippen LogP contribution in [0.1, 0.15) is 12.8 Å². The van der Waals surface area contributed by atoms with Gasteiger partial charge in [-0.2, -0.15) is 0 Å². The lowest BCUT2D eigenvalue weighted by Crippen LogP contribution is -2.37. The van der Waals surface area contributed by atoms with Crippen LogP contribution in [0.15, 0.2) is 39.3 Å². The molecule has 2 aromatic carbocycles. The Labute approximate surface area is 129 Å². The van der Waals surface area contributed by atoms with Crippen molar-refractivity contribution in [1.82, 2.24) is 5.32 Å². The van der Waals surface area contributed by atoms with Crippen molar-refractivity contribution in [3.63, 3.8) is 0 Å². The van der Waals surface area contributed by atoms with Crippen molar-refractivity contribution in [2.24, 2.45) is 0 Å². The van der Waals surface area contributed by atoms with E-state index in [4.69, 9.17) is 4.74 Å². The van der Waals surface area contributed by atoms with Crippen LogP contribution >= 0.6 is 31.9 Å². The fourth-order valence-electron chi connectivity index (χ4n) is 2.43. The molecule has 0 aromatic heterocycles. The fourth-order valence-corrected chi connectivity index (χ4v) is 3.40. The number of benzene rings is 2. The summed E-state index contributed by atoms with van der Waals surface area (Å²) in [6, 6.07) is 10.4. The van der Waals surface area contributed by atoms with E-state index in [2.05, 4.69) is 61.4 Å². The molecule has 3 rings (SSSR count). The van der Waals surface area contributed by atoms with E-state index in [-0.39, 0.29) is 6.10 Å². The van der Waals surface area contributed by atoms with Crippen LogP contribution in [-0.4, -0.2) is 19.2 Å². The fraction of sp³-hybridized carbons (Fsp3) is 0.333. The molecule has 0 aliphatic carbocycles. The number of piperidine rings is 1. The standard InChI is InChI=1S/C15H15Br2NO/c16-11-4-5-13-10(8-11)3-6-14(15(13)17)19-12-2-1-7-18-9-12/h3-6,8,12,18H,1-2,7,9H2/t12-/m1/s1. The Kier molecular flexibility index (Phi) is 4.10. The molecule has 1 aliphatic heterocycles. The van der Waals surface area contributed by atoms with Crippen LogP contribution < -0.4 is 10.1 Å². The highest BCUT2D eigenvalue weighted by Gasteiger charge is 2.16. The Morgan fingerprint density at radius 3 is 2.84 bits per heavy atom. The van der Waals surface area contributed by atoms with E-state index in [1.165, 1.54) is 17.2 Å². The van der Waals surface area contributed by atoms with E-state index >= 15 is 0 Å². The van der Waals surface area contributed by atoms with Gasteiger partial charge in [0.2, 0.25) is 0 Å². The predicted octanol–water partition coefficient (Wildman–Crippen LogP) is 4.50. The van der Waals surface area contributed by atoms with Crippen molar-refractivity contribution in [2.75, 3.05) is 13.1 Å². The molecule has 100 valence electrons. The van der Waals surface area contributed by atoms with Gasteiger partial charge in [-0.25, -0.2) is 0 Å². The summed E-state index contributed by atoms with van der Waals surface area (Å²) in [6.07, 6.45) is 2.58. The molecule has 0 unspecified atom stereocenters. The summed E-state index contributed by atoms with van der Waals surface area (Å²) in [7, 11) is 0. The van der Waals surface area contributed by atoms with Gasteiger partial charge in [-0.3, -0.25) is 0 Å². The van der Waals surface area contributed by atoms with Gasteiger partial charge in [0.25, 0.3) is 0 Å². The molecule has 2 nitrogen and oxygen atoms in total. The van der Waals surface area contributed by atoms with Gasteiger partial charge < -0.3 is 10.1 Å². The van der Waals surface area contributed by atoms with Crippen LogP contribution in [0.5, 0.6) is 5.75 Å². The van der Waals surface area contributed by atoms with Crippen LogP contribution in [0.2, 0.25) is 0 Å². The van der Waals surface area contributed by atoms with E-state index in [0.29, 0.717) is 0 Å². The van der Waals surface area contributed by atoms with Gasteiger partial charge in [0.1, 0.15) is 11.9 Å². The quantitative estimate of drug-likeness (QED) is 0.823. The summed E-state index contributed by atoms with van der Waals surface area (Å²) in [5.74, 6) is 0.934. The highest BCUT2D eigenvalue weighted by Crippen LogP contribution is 2.35. The molecule has 1 fully saturated rings. The van der Waals surface area contributed by atoms with Crippen molar-refractivity contribution >= 4 is 42.6 Å². The number of fused-ring (bicyclic) bond motifs is 1. The predicted molar refractivity (Wildman–Crippen MR) is 85.9 cm³/mol. The van der Waals surface area contributed by atoms with Gasteiger partial charge in [-0.15, -0.1) is 0 Å². The molecule has 0 amide bonds. The molecule has 1 heterocycles. The summed E-state index contributed by atoms with van der Waals surface area (Å²) in [5, 5.41) is 5.76. The van der Waals surface area contributed by atoms with E-state index in [1.807, 2.05) is 6.07 Å². The van der Waals surface area contributed by atoms with Crippen LogP contribution in [0, 0.1) is 0 Å². The van der Waals surface area contributed by atoms with Crippen LogP contribution in [0.4, 0.5) is 0 Å². The lowest BCUT2D eigenvalue weighted by molar-refractivity contribution is 0.166. The molecular weight excluding hydrogens is 370 g/mol. The van der Waals surface area contributed by atoms with Crippen LogP contribution in [-0.2, 0) is 0 Å². The number of halogens is 2. The number of nitrogens with one attached hydrogen (secondary N) is 1. The van der Waals surface area contributed by atoms with Crippen LogP contribution in [0.25, 0.3) is 10.8 Å². The Bertz CT molecular complexity index is 594. The molecule has 2 aromatic rings. The molecule has 1 aliphatic rings. The molecule has 1 N–H and O–H groups in total. The van der Waals surface area contributed by atoms with Crippen molar-refractivity contribution in [2.45, 2.75) is 18.9 Å². The molecule has 4 heteroatoms. The van der Waals surface area contributed by atoms with Gasteiger partial charge in [-0.05, 0) is 64.3 Å². The second kappa shape index (κ2) is 5.81. The van der Waals surface area contributed by atoms with Crippen LogP contribution in [0.3, 0.4) is 0 Å². The minimum absolute atomic E-state index is 0.276. The molecular formula is C15H15Br2NO. The highest BCUT2D eigenvalue weighted by atomic mass is 79.9. The zero-order valence-electron chi connectivity index (χ0n) is 10.5. The molecule has 0 bridgehead atoms. The Balaban J connectivity index is 1.91. The number of hydrogen-bond acceptors (Lipinski definition) is 2. The van der Waals surface area contributed by atoms with Gasteiger partial charge >= 0.3 is 0 Å². The minimum atomic E-state index is 0.276. The molecule has 0 spiro atoms. The Morgan fingerprint density at radius 2 is 2.05 bits per heavy atom. The van der Waals surface area contributed by atoms with Crippen molar-refractivity contribution in [1.29, 1.82) is 0 Å². The second-order valence-electron chi connectivity index (χ2n) is 4.83. The molecule has 0 saturated carbocycles. The lowest BCUT2D eigenvalue weighted by atomic mass is 10.1. The lowest BCUT2D eigenvalue weighted by Gasteiger charge is -2.24. The summed E-state index contributed by atoms with van der Waals surface area (Å²) in [5.41, 5.74) is 0. The first kappa shape index (κ1) is 13.4. The van der Waals surface area contributed by atoms with Gasteiger partial charge in [0, 0.05) is 11.0 Å². The second-order valence-corrected chi connectivity index (χ2v) is 6.54. The maximum absolute atomic E-state index is 6.10. The van der Waals surface area contributed by atoms with Gasteiger partial charge in [0.15, 0.2) is 0 Å². The van der Waals surface area contributed by atoms with E-state index < -0.39 is 0 Å². The average Bonchev–Trinajstić information content (AvgIpc) is 2.43. The third-order valence-corrected chi connectivity index (χ3v) is 4.74. The van der Waals surface area contributed by atoms with E-state index in [1.54, 1.807) is 0 Å². The van der Waals surface area contributed by atoms with E-state index in [9.17, 15) is 0 Å². The van der Waals surface area contributed by atoms with E-state index in [0.717, 1.165) is 34.2 Å². The maximum atomic E-state index is 6.10. The third kappa shape index (κ3) is 2.96. The SMILES string of the molecule is Brc1ccc2c(Br)c(O[C@@H]3CCCNC3)ccc2c1. The summed E-state index contributed by atoms with van der Waals surface area (Å²) >= 11 is 7.17.